The molecule has 0 aliphatic rings. The first kappa shape index (κ1) is 26.8. The summed E-state index contributed by atoms with van der Waals surface area (Å²) in [6.07, 6.45) is 0.702. The third kappa shape index (κ3) is 8.15. The summed E-state index contributed by atoms with van der Waals surface area (Å²) in [4.78, 5) is 24.7. The number of nitrogens with zero attached hydrogens (tertiary/aromatic N) is 1. The fourth-order valence-corrected chi connectivity index (χ4v) is 3.93. The summed E-state index contributed by atoms with van der Waals surface area (Å²) in [7, 11) is 0. The van der Waals surface area contributed by atoms with E-state index in [9.17, 15) is 9.59 Å². The van der Waals surface area contributed by atoms with Crippen molar-refractivity contribution in [3.63, 3.8) is 0 Å². The van der Waals surface area contributed by atoms with Crippen molar-refractivity contribution in [2.45, 2.75) is 19.8 Å². The molecule has 3 aromatic rings. The molecule has 0 bridgehead atoms. The highest BCUT2D eigenvalue weighted by molar-refractivity contribution is 6.37. The van der Waals surface area contributed by atoms with E-state index in [0.717, 1.165) is 5.56 Å². The van der Waals surface area contributed by atoms with Crippen molar-refractivity contribution in [1.29, 1.82) is 0 Å². The Balaban J connectivity index is 1.50. The number of hydrogen-bond acceptors (Lipinski definition) is 4. The molecule has 0 unspecified atom stereocenters. The minimum absolute atomic E-state index is 0.222. The SMILES string of the molecule is CC(=NNC(=O)CCCOc1ccc(Cl)cc1Cl)c1cccc(NC(=O)c2ccc(Cl)cc2Cl)c1. The zero-order valence-electron chi connectivity index (χ0n) is 18.6. The lowest BCUT2D eigenvalue weighted by molar-refractivity contribution is -0.121. The van der Waals surface area contributed by atoms with E-state index in [-0.39, 0.29) is 23.3 Å². The molecule has 10 heteroatoms. The van der Waals surface area contributed by atoms with Gasteiger partial charge in [0.25, 0.3) is 5.91 Å². The molecule has 2 N–H and O–H groups in total. The molecule has 3 aromatic carbocycles. The van der Waals surface area contributed by atoms with Crippen LogP contribution in [0.5, 0.6) is 5.75 Å². The number of benzene rings is 3. The highest BCUT2D eigenvalue weighted by Crippen LogP contribution is 2.27. The quantitative estimate of drug-likeness (QED) is 0.167. The number of carbonyl (C=O) groups excluding carboxylic acids is 2. The number of halogens is 4. The maximum Gasteiger partial charge on any atom is 0.257 e. The summed E-state index contributed by atoms with van der Waals surface area (Å²) >= 11 is 23.9. The molecule has 0 atom stereocenters. The summed E-state index contributed by atoms with van der Waals surface area (Å²) in [5.74, 6) is -0.110. The summed E-state index contributed by atoms with van der Waals surface area (Å²) in [5, 5.41) is 8.58. The van der Waals surface area contributed by atoms with Crippen molar-refractivity contribution in [2.24, 2.45) is 5.10 Å². The maximum atomic E-state index is 12.5. The summed E-state index contributed by atoms with van der Waals surface area (Å²) < 4.78 is 5.57. The van der Waals surface area contributed by atoms with Crippen LogP contribution in [0.4, 0.5) is 5.69 Å². The smallest absolute Gasteiger partial charge is 0.257 e. The van der Waals surface area contributed by atoms with Crippen molar-refractivity contribution in [1.82, 2.24) is 5.43 Å². The second-order valence-corrected chi connectivity index (χ2v) is 9.11. The van der Waals surface area contributed by atoms with Crippen LogP contribution in [0, 0.1) is 0 Å². The summed E-state index contributed by atoms with van der Waals surface area (Å²) in [5.41, 5.74) is 4.69. The highest BCUT2D eigenvalue weighted by Gasteiger charge is 2.12. The van der Waals surface area contributed by atoms with Crippen LogP contribution in [0.25, 0.3) is 0 Å². The number of hydrogen-bond donors (Lipinski definition) is 2. The number of hydrazone groups is 1. The topological polar surface area (TPSA) is 79.8 Å². The van der Waals surface area contributed by atoms with Gasteiger partial charge in [-0.1, -0.05) is 58.5 Å². The number of nitrogens with one attached hydrogen (secondary N) is 2. The molecule has 3 rings (SSSR count). The lowest BCUT2D eigenvalue weighted by Gasteiger charge is -2.09. The van der Waals surface area contributed by atoms with Gasteiger partial charge in [0.15, 0.2) is 0 Å². The predicted molar refractivity (Wildman–Crippen MR) is 142 cm³/mol. The number of anilines is 1. The molecule has 0 aliphatic carbocycles. The lowest BCUT2D eigenvalue weighted by Crippen LogP contribution is -2.19. The molecule has 0 fully saturated rings. The number of amides is 2. The molecule has 0 saturated carbocycles. The van der Waals surface area contributed by atoms with Crippen molar-refractivity contribution in [3.8, 4) is 5.75 Å². The van der Waals surface area contributed by atoms with Crippen LogP contribution in [0.2, 0.25) is 20.1 Å². The molecule has 0 aromatic heterocycles. The van der Waals surface area contributed by atoms with Gasteiger partial charge in [-0.15, -0.1) is 0 Å². The van der Waals surface area contributed by atoms with Crippen LogP contribution in [0.1, 0.15) is 35.7 Å². The van der Waals surface area contributed by atoms with Gasteiger partial charge in [-0.05, 0) is 67.4 Å². The van der Waals surface area contributed by atoms with Gasteiger partial charge in [0, 0.05) is 22.2 Å². The van der Waals surface area contributed by atoms with Crippen LogP contribution in [0.3, 0.4) is 0 Å². The van der Waals surface area contributed by atoms with Gasteiger partial charge < -0.3 is 10.1 Å². The zero-order chi connectivity index (χ0) is 25.4. The molecule has 0 heterocycles. The molecule has 6 nitrogen and oxygen atoms in total. The van der Waals surface area contributed by atoms with Gasteiger partial charge in [-0.25, -0.2) is 5.43 Å². The van der Waals surface area contributed by atoms with Gasteiger partial charge >= 0.3 is 0 Å². The van der Waals surface area contributed by atoms with Gasteiger partial charge in [-0.2, -0.15) is 5.10 Å². The fraction of sp³-hybridized carbons (Fsp3) is 0.160. The van der Waals surface area contributed by atoms with Crippen molar-refractivity contribution < 1.29 is 14.3 Å². The molecule has 0 radical (unpaired) electrons. The normalized spacial score (nSPS) is 11.2. The molecular weight excluding hydrogens is 532 g/mol. The fourth-order valence-electron chi connectivity index (χ4n) is 2.97. The molecule has 0 aliphatic heterocycles. The third-order valence-electron chi connectivity index (χ3n) is 4.76. The first-order valence-corrected chi connectivity index (χ1v) is 12.0. The largest absolute Gasteiger partial charge is 0.492 e. The Hall–Kier alpha value is -2.77. The molecule has 182 valence electrons. The minimum Gasteiger partial charge on any atom is -0.492 e. The van der Waals surface area contributed by atoms with E-state index in [0.29, 0.717) is 50.8 Å². The summed E-state index contributed by atoms with van der Waals surface area (Å²) in [6.45, 7) is 2.07. The Bertz CT molecular complexity index is 1260. The predicted octanol–water partition coefficient (Wildman–Crippen LogP) is 7.25. The molecule has 0 spiro atoms. The second-order valence-electron chi connectivity index (χ2n) is 7.42. The monoisotopic (exact) mass is 551 g/mol. The highest BCUT2D eigenvalue weighted by atomic mass is 35.5. The Morgan fingerprint density at radius 2 is 1.63 bits per heavy atom. The van der Waals surface area contributed by atoms with Crippen LogP contribution < -0.4 is 15.5 Å². The van der Waals surface area contributed by atoms with E-state index in [1.807, 2.05) is 6.07 Å². The van der Waals surface area contributed by atoms with Crippen LogP contribution in [-0.4, -0.2) is 24.1 Å². The van der Waals surface area contributed by atoms with E-state index >= 15 is 0 Å². The first-order chi connectivity index (χ1) is 16.7. The van der Waals surface area contributed by atoms with E-state index in [1.165, 1.54) is 6.07 Å². The molecular formula is C25H21Cl4N3O3. The Morgan fingerprint density at radius 1 is 0.914 bits per heavy atom. The van der Waals surface area contributed by atoms with Gasteiger partial charge in [0.1, 0.15) is 5.75 Å². The zero-order valence-corrected chi connectivity index (χ0v) is 21.6. The number of carbonyl (C=O) groups is 2. The Morgan fingerprint density at radius 3 is 2.34 bits per heavy atom. The molecule has 2 amide bonds. The standard InChI is InChI=1S/C25H21Cl4N3O3/c1-15(31-32-24(33)6-3-11-35-23-10-8-18(27)14-22(23)29)16-4-2-5-19(12-16)30-25(34)20-9-7-17(26)13-21(20)28/h2,4-5,7-10,12-14H,3,6,11H2,1H3,(H,30,34)(H,32,33). The van der Waals surface area contributed by atoms with Gasteiger partial charge in [0.2, 0.25) is 5.91 Å². The van der Waals surface area contributed by atoms with Crippen LogP contribution in [0.15, 0.2) is 65.8 Å². The van der Waals surface area contributed by atoms with E-state index < -0.39 is 0 Å². The van der Waals surface area contributed by atoms with Gasteiger partial charge in [0.05, 0.1) is 27.9 Å². The Kier molecular flexibility index (Phi) is 9.81. The number of ether oxygens (including phenoxy) is 1. The van der Waals surface area contributed by atoms with E-state index in [2.05, 4.69) is 15.8 Å². The minimum atomic E-state index is -0.367. The second kappa shape index (κ2) is 12.8. The van der Waals surface area contributed by atoms with Crippen molar-refractivity contribution in [3.05, 3.63) is 91.9 Å². The van der Waals surface area contributed by atoms with Crippen LogP contribution >= 0.6 is 46.4 Å². The van der Waals surface area contributed by atoms with Crippen molar-refractivity contribution >= 4 is 69.6 Å². The van der Waals surface area contributed by atoms with Crippen LogP contribution in [-0.2, 0) is 4.79 Å². The maximum absolute atomic E-state index is 12.5. The molecule has 35 heavy (non-hydrogen) atoms. The molecule has 0 saturated heterocycles. The van der Waals surface area contributed by atoms with E-state index in [1.54, 1.807) is 55.5 Å². The lowest BCUT2D eigenvalue weighted by atomic mass is 10.1. The van der Waals surface area contributed by atoms with Gasteiger partial charge in [-0.3, -0.25) is 9.59 Å². The average Bonchev–Trinajstić information content (AvgIpc) is 2.81. The first-order valence-electron chi connectivity index (χ1n) is 10.5. The Labute approximate surface area is 223 Å². The summed E-state index contributed by atoms with van der Waals surface area (Å²) in [6, 6.07) is 16.7. The average molecular weight is 553 g/mol. The number of rotatable bonds is 9. The third-order valence-corrected chi connectivity index (χ3v) is 5.84. The van der Waals surface area contributed by atoms with E-state index in [4.69, 9.17) is 51.1 Å². The van der Waals surface area contributed by atoms with Crippen molar-refractivity contribution in [2.75, 3.05) is 11.9 Å².